The molecular weight excluding hydrogens is 208 g/mol. The fraction of sp³-hybridized carbons (Fsp3) is 0.273. The molecule has 0 atom stereocenters. The van der Waals surface area contributed by atoms with Gasteiger partial charge in [0.25, 0.3) is 5.69 Å². The molecule has 0 unspecified atom stereocenters. The van der Waals surface area contributed by atoms with Crippen LogP contribution in [0.3, 0.4) is 0 Å². The lowest BCUT2D eigenvalue weighted by atomic mass is 10.2. The van der Waals surface area contributed by atoms with Gasteiger partial charge in [0.05, 0.1) is 14.2 Å². The molecule has 0 fully saturated rings. The summed E-state index contributed by atoms with van der Waals surface area (Å²) in [6.45, 7) is 1.68. The van der Waals surface area contributed by atoms with Crippen molar-refractivity contribution in [2.24, 2.45) is 0 Å². The number of hydrogen-bond donors (Lipinski definition) is 1. The minimum atomic E-state index is -0.489. The number of carbonyl (C=O) groups excluding carboxylic acids is 1. The minimum Gasteiger partial charge on any atom is -0.490 e. The summed E-state index contributed by atoms with van der Waals surface area (Å²) in [7, 11) is 2.75. The number of carbonyl (C=O) groups is 1. The van der Waals surface area contributed by atoms with Crippen LogP contribution in [0.25, 0.3) is 0 Å². The van der Waals surface area contributed by atoms with Gasteiger partial charge in [0.15, 0.2) is 0 Å². The van der Waals surface area contributed by atoms with Crippen molar-refractivity contribution in [2.45, 2.75) is 6.92 Å². The van der Waals surface area contributed by atoms with E-state index in [1.54, 1.807) is 6.92 Å². The first-order chi connectivity index (χ1) is 7.63. The standard InChI is InChI=1S/C11H12N2O3/c1-4-5-8-6-9(11(14)16-3)10(15-2)7-13(8)12/h6-7H,1-3H3,(H-,12,14)/p+1. The van der Waals surface area contributed by atoms with E-state index < -0.39 is 5.97 Å². The van der Waals surface area contributed by atoms with Crippen LogP contribution in [0.2, 0.25) is 0 Å². The lowest BCUT2D eigenvalue weighted by Gasteiger charge is -2.04. The van der Waals surface area contributed by atoms with Crippen molar-refractivity contribution in [1.82, 2.24) is 0 Å². The van der Waals surface area contributed by atoms with Crippen molar-refractivity contribution in [3.8, 4) is 17.6 Å². The molecule has 5 heteroatoms. The Morgan fingerprint density at radius 1 is 1.50 bits per heavy atom. The van der Waals surface area contributed by atoms with Gasteiger partial charge < -0.3 is 9.47 Å². The molecule has 16 heavy (non-hydrogen) atoms. The Morgan fingerprint density at radius 2 is 2.19 bits per heavy atom. The number of esters is 1. The predicted octanol–water partition coefficient (Wildman–Crippen LogP) is -0.145. The van der Waals surface area contributed by atoms with Gasteiger partial charge in [-0.05, 0) is 6.92 Å². The number of hydrogen-bond acceptors (Lipinski definition) is 4. The Morgan fingerprint density at radius 3 is 2.69 bits per heavy atom. The largest absolute Gasteiger partial charge is 0.490 e. The molecule has 0 aliphatic rings. The summed E-state index contributed by atoms with van der Waals surface area (Å²) in [4.78, 5) is 11.5. The SMILES string of the molecule is CC#Cc1cc(C(=O)OC)c(OC)c[n+]1N. The van der Waals surface area contributed by atoms with Crippen molar-refractivity contribution < 1.29 is 18.9 Å². The monoisotopic (exact) mass is 221 g/mol. The lowest BCUT2D eigenvalue weighted by Crippen LogP contribution is -2.47. The number of nitrogens with two attached hydrogens (primary N) is 1. The van der Waals surface area contributed by atoms with Gasteiger partial charge in [0, 0.05) is 12.0 Å². The zero-order valence-corrected chi connectivity index (χ0v) is 9.40. The normalized spacial score (nSPS) is 8.94. The fourth-order valence-electron chi connectivity index (χ4n) is 1.21. The summed E-state index contributed by atoms with van der Waals surface area (Å²) in [5.74, 6) is 11.0. The Hall–Kier alpha value is -2.22. The summed E-state index contributed by atoms with van der Waals surface area (Å²) < 4.78 is 11.0. The van der Waals surface area contributed by atoms with E-state index in [4.69, 9.17) is 10.6 Å². The van der Waals surface area contributed by atoms with Crippen molar-refractivity contribution in [3.63, 3.8) is 0 Å². The van der Waals surface area contributed by atoms with E-state index in [9.17, 15) is 4.79 Å². The first kappa shape index (κ1) is 11.9. The van der Waals surface area contributed by atoms with Gasteiger partial charge in [-0.3, -0.25) is 0 Å². The highest BCUT2D eigenvalue weighted by molar-refractivity contribution is 5.92. The molecule has 0 saturated carbocycles. The first-order valence-corrected chi connectivity index (χ1v) is 4.53. The van der Waals surface area contributed by atoms with Crippen LogP contribution in [-0.2, 0) is 4.74 Å². The van der Waals surface area contributed by atoms with Crippen LogP contribution < -0.4 is 15.3 Å². The summed E-state index contributed by atoms with van der Waals surface area (Å²) >= 11 is 0. The Balaban J connectivity index is 3.37. The zero-order valence-electron chi connectivity index (χ0n) is 9.40. The third-order valence-corrected chi connectivity index (χ3v) is 1.96. The van der Waals surface area contributed by atoms with Crippen LogP contribution >= 0.6 is 0 Å². The van der Waals surface area contributed by atoms with Gasteiger partial charge in [-0.15, -0.1) is 0 Å². The van der Waals surface area contributed by atoms with Crippen LogP contribution in [0, 0.1) is 11.8 Å². The van der Waals surface area contributed by atoms with Gasteiger partial charge in [-0.25, -0.2) is 10.6 Å². The third-order valence-electron chi connectivity index (χ3n) is 1.96. The van der Waals surface area contributed by atoms with E-state index in [0.29, 0.717) is 17.0 Å². The van der Waals surface area contributed by atoms with E-state index in [-0.39, 0.29) is 0 Å². The average molecular weight is 221 g/mol. The maximum Gasteiger partial charge on any atom is 0.342 e. The lowest BCUT2D eigenvalue weighted by molar-refractivity contribution is -0.641. The second kappa shape index (κ2) is 5.03. The molecule has 1 aromatic heterocycles. The zero-order chi connectivity index (χ0) is 12.1. The maximum absolute atomic E-state index is 11.5. The molecule has 0 bridgehead atoms. The highest BCUT2D eigenvalue weighted by Gasteiger charge is 2.20. The molecule has 0 aromatic carbocycles. The molecule has 84 valence electrons. The third kappa shape index (κ3) is 2.23. The van der Waals surface area contributed by atoms with Crippen molar-refractivity contribution in [1.29, 1.82) is 0 Å². The van der Waals surface area contributed by atoms with Crippen LogP contribution in [0.4, 0.5) is 0 Å². The second-order valence-electron chi connectivity index (χ2n) is 2.91. The van der Waals surface area contributed by atoms with E-state index in [1.807, 2.05) is 0 Å². The molecule has 0 amide bonds. The van der Waals surface area contributed by atoms with Crippen LogP contribution in [0.5, 0.6) is 5.75 Å². The molecule has 2 N–H and O–H groups in total. The van der Waals surface area contributed by atoms with Gasteiger partial charge in [0.2, 0.25) is 11.9 Å². The molecule has 1 rings (SSSR count). The highest BCUT2D eigenvalue weighted by atomic mass is 16.5. The predicted molar refractivity (Wildman–Crippen MR) is 57.2 cm³/mol. The minimum absolute atomic E-state index is 0.296. The number of ether oxygens (including phenoxy) is 2. The van der Waals surface area contributed by atoms with Gasteiger partial charge >= 0.3 is 5.97 Å². The number of aromatic nitrogens is 1. The quantitative estimate of drug-likeness (QED) is 0.326. The molecule has 0 spiro atoms. The summed E-state index contributed by atoms with van der Waals surface area (Å²) in [5, 5.41) is 0. The smallest absolute Gasteiger partial charge is 0.342 e. The summed E-state index contributed by atoms with van der Waals surface area (Å²) in [5.41, 5.74) is 0.799. The van der Waals surface area contributed by atoms with Crippen LogP contribution in [0.15, 0.2) is 12.3 Å². The molecule has 5 nitrogen and oxygen atoms in total. The molecule has 0 radical (unpaired) electrons. The number of pyridine rings is 1. The van der Waals surface area contributed by atoms with Crippen LogP contribution in [-0.4, -0.2) is 20.2 Å². The summed E-state index contributed by atoms with van der Waals surface area (Å²) in [6, 6.07) is 1.53. The van der Waals surface area contributed by atoms with Gasteiger partial charge in [-0.2, -0.15) is 0 Å². The Labute approximate surface area is 93.7 Å². The second-order valence-corrected chi connectivity index (χ2v) is 2.91. The highest BCUT2D eigenvalue weighted by Crippen LogP contribution is 2.16. The average Bonchev–Trinajstić information content (AvgIpc) is 2.30. The van der Waals surface area contributed by atoms with Crippen molar-refractivity contribution >= 4 is 5.97 Å². The van der Waals surface area contributed by atoms with Gasteiger partial charge in [-0.1, -0.05) is 10.6 Å². The van der Waals surface area contributed by atoms with Crippen molar-refractivity contribution in [3.05, 3.63) is 23.5 Å². The number of methoxy groups -OCH3 is 2. The Bertz CT molecular complexity index is 472. The first-order valence-electron chi connectivity index (χ1n) is 4.53. The van der Waals surface area contributed by atoms with E-state index in [1.165, 1.54) is 31.2 Å². The van der Waals surface area contributed by atoms with Gasteiger partial charge in [0.1, 0.15) is 5.56 Å². The van der Waals surface area contributed by atoms with E-state index >= 15 is 0 Å². The summed E-state index contributed by atoms with van der Waals surface area (Å²) in [6.07, 6.45) is 1.48. The maximum atomic E-state index is 11.5. The molecular formula is C11H13N2O3+. The topological polar surface area (TPSA) is 65.4 Å². The van der Waals surface area contributed by atoms with E-state index in [2.05, 4.69) is 16.6 Å². The fourth-order valence-corrected chi connectivity index (χ4v) is 1.21. The molecule has 1 aromatic rings. The van der Waals surface area contributed by atoms with Crippen molar-refractivity contribution in [2.75, 3.05) is 20.1 Å². The number of nitrogen functional groups attached to an aromatic ring is 1. The van der Waals surface area contributed by atoms with Crippen LogP contribution in [0.1, 0.15) is 23.0 Å². The Kier molecular flexibility index (Phi) is 3.72. The number of rotatable bonds is 2. The molecule has 0 aliphatic carbocycles. The molecule has 0 saturated heterocycles. The van der Waals surface area contributed by atoms with E-state index in [0.717, 1.165) is 0 Å². The molecule has 0 aliphatic heterocycles. The molecule has 1 heterocycles. The number of nitrogens with zero attached hydrogens (tertiary/aromatic N) is 1.